The number of rotatable bonds is 8. The Kier molecular flexibility index (Phi) is 7.40. The average molecular weight is 480 g/mol. The van der Waals surface area contributed by atoms with Gasteiger partial charge in [0.25, 0.3) is 0 Å². The van der Waals surface area contributed by atoms with Crippen molar-refractivity contribution in [2.24, 2.45) is 0 Å². The first-order valence-corrected chi connectivity index (χ1v) is 12.1. The summed E-state index contributed by atoms with van der Waals surface area (Å²) in [7, 11) is 3.57. The quantitative estimate of drug-likeness (QED) is 0.536. The van der Waals surface area contributed by atoms with Crippen molar-refractivity contribution in [2.75, 3.05) is 27.2 Å². The minimum atomic E-state index is -1.29. The minimum Gasteiger partial charge on any atom is -0.480 e. The largest absolute Gasteiger partial charge is 0.480 e. The zero-order chi connectivity index (χ0) is 25.0. The highest BCUT2D eigenvalue weighted by atomic mass is 16.5. The van der Waals surface area contributed by atoms with E-state index in [1.807, 2.05) is 36.4 Å². The molecule has 0 saturated heterocycles. The Morgan fingerprint density at radius 1 is 1.00 bits per heavy atom. The zero-order valence-corrected chi connectivity index (χ0v) is 20.3. The molecule has 8 heteroatoms. The van der Waals surface area contributed by atoms with Gasteiger partial charge < -0.3 is 25.4 Å². The Labute approximate surface area is 205 Å². The number of amides is 2. The van der Waals surface area contributed by atoms with E-state index in [1.54, 1.807) is 19.0 Å². The van der Waals surface area contributed by atoms with Crippen LogP contribution in [-0.4, -0.2) is 66.8 Å². The van der Waals surface area contributed by atoms with Crippen LogP contribution in [0.2, 0.25) is 0 Å². The number of carboxylic acid groups (broad SMARTS) is 1. The van der Waals surface area contributed by atoms with Gasteiger partial charge in [0.2, 0.25) is 5.91 Å². The lowest BCUT2D eigenvalue weighted by atomic mass is 9.81. The summed E-state index contributed by atoms with van der Waals surface area (Å²) in [5, 5.41) is 15.2. The monoisotopic (exact) mass is 479 g/mol. The lowest BCUT2D eigenvalue weighted by molar-refractivity contribution is -0.149. The van der Waals surface area contributed by atoms with Crippen molar-refractivity contribution in [1.82, 2.24) is 15.5 Å². The SMILES string of the molecule is CN(C)C[C@H](NC(=O)OCC1c2ccccc2-c2ccccc21)C(=O)NC1(C(=O)O)CCCCC1. The molecule has 2 aromatic rings. The predicted molar refractivity (Wildman–Crippen MR) is 132 cm³/mol. The normalized spacial score (nSPS) is 17.2. The highest BCUT2D eigenvalue weighted by molar-refractivity contribution is 5.91. The molecule has 0 spiro atoms. The minimum absolute atomic E-state index is 0.0909. The average Bonchev–Trinajstić information content (AvgIpc) is 3.16. The molecule has 2 aromatic carbocycles. The molecule has 4 rings (SSSR count). The van der Waals surface area contributed by atoms with Gasteiger partial charge in [0, 0.05) is 12.5 Å². The second kappa shape index (κ2) is 10.5. The maximum absolute atomic E-state index is 13.1. The highest BCUT2D eigenvalue weighted by Gasteiger charge is 2.42. The molecule has 0 aliphatic heterocycles. The van der Waals surface area contributed by atoms with E-state index < -0.39 is 29.6 Å². The van der Waals surface area contributed by atoms with Crippen LogP contribution in [0.1, 0.15) is 49.1 Å². The Morgan fingerprint density at radius 3 is 2.11 bits per heavy atom. The number of aliphatic carboxylic acids is 1. The second-order valence-electron chi connectivity index (χ2n) is 9.72. The van der Waals surface area contributed by atoms with Crippen molar-refractivity contribution in [3.05, 3.63) is 59.7 Å². The molecule has 0 bridgehead atoms. The topological polar surface area (TPSA) is 108 Å². The summed E-state index contributed by atoms with van der Waals surface area (Å²) in [5.41, 5.74) is 3.18. The van der Waals surface area contributed by atoms with Gasteiger partial charge in [-0.15, -0.1) is 0 Å². The van der Waals surface area contributed by atoms with Crippen molar-refractivity contribution >= 4 is 18.0 Å². The van der Waals surface area contributed by atoms with Gasteiger partial charge in [-0.1, -0.05) is 67.8 Å². The van der Waals surface area contributed by atoms with Gasteiger partial charge >= 0.3 is 12.1 Å². The molecule has 2 aliphatic carbocycles. The van der Waals surface area contributed by atoms with Crippen LogP contribution in [0, 0.1) is 0 Å². The number of carbonyl (C=O) groups is 3. The van der Waals surface area contributed by atoms with Crippen molar-refractivity contribution < 1.29 is 24.2 Å². The Hall–Kier alpha value is -3.39. The van der Waals surface area contributed by atoms with Gasteiger partial charge in [-0.3, -0.25) is 4.79 Å². The maximum atomic E-state index is 13.1. The standard InChI is InChI=1S/C27H33N3O5/c1-30(2)16-23(24(31)29-27(25(32)33)14-8-3-9-15-27)28-26(34)35-17-22-20-12-6-4-10-18(20)19-11-5-7-13-21(19)22/h4-7,10-13,22-23H,3,8-9,14-17H2,1-2H3,(H,28,34)(H,29,31)(H,32,33)/t23-/m0/s1. The maximum Gasteiger partial charge on any atom is 0.407 e. The van der Waals surface area contributed by atoms with Crippen LogP contribution >= 0.6 is 0 Å². The summed E-state index contributed by atoms with van der Waals surface area (Å²) < 4.78 is 5.60. The summed E-state index contributed by atoms with van der Waals surface area (Å²) in [6, 6.07) is 15.2. The van der Waals surface area contributed by atoms with Gasteiger partial charge in [0.1, 0.15) is 18.2 Å². The smallest absolute Gasteiger partial charge is 0.407 e. The van der Waals surface area contributed by atoms with Crippen LogP contribution in [-0.2, 0) is 14.3 Å². The van der Waals surface area contributed by atoms with E-state index in [0.717, 1.165) is 41.5 Å². The molecule has 186 valence electrons. The first-order chi connectivity index (χ1) is 16.8. The van der Waals surface area contributed by atoms with E-state index in [2.05, 4.69) is 22.8 Å². The lowest BCUT2D eigenvalue weighted by Gasteiger charge is -2.35. The number of likely N-dealkylation sites (N-methyl/N-ethyl adjacent to an activating group) is 1. The van der Waals surface area contributed by atoms with Crippen molar-refractivity contribution in [3.8, 4) is 11.1 Å². The van der Waals surface area contributed by atoms with Gasteiger partial charge in [0.15, 0.2) is 0 Å². The van der Waals surface area contributed by atoms with Crippen LogP contribution < -0.4 is 10.6 Å². The van der Waals surface area contributed by atoms with Gasteiger partial charge in [-0.05, 0) is 49.2 Å². The number of nitrogens with one attached hydrogen (secondary N) is 2. The number of hydrogen-bond acceptors (Lipinski definition) is 5. The van der Waals surface area contributed by atoms with Crippen molar-refractivity contribution in [1.29, 1.82) is 0 Å². The molecule has 0 heterocycles. The molecular formula is C27H33N3O5. The third kappa shape index (κ3) is 5.32. The number of carboxylic acids is 1. The number of nitrogens with zero attached hydrogens (tertiary/aromatic N) is 1. The third-order valence-corrected chi connectivity index (χ3v) is 6.98. The summed E-state index contributed by atoms with van der Waals surface area (Å²) in [6.45, 7) is 0.348. The molecule has 1 fully saturated rings. The number of alkyl carbamates (subject to hydrolysis) is 1. The van der Waals surface area contributed by atoms with Crippen LogP contribution in [0.4, 0.5) is 4.79 Å². The molecule has 0 aromatic heterocycles. The number of hydrogen-bond donors (Lipinski definition) is 3. The second-order valence-corrected chi connectivity index (χ2v) is 9.72. The predicted octanol–water partition coefficient (Wildman–Crippen LogP) is 3.36. The first kappa shape index (κ1) is 24.7. The Bertz CT molecular complexity index is 1050. The van der Waals surface area contributed by atoms with E-state index >= 15 is 0 Å². The van der Waals surface area contributed by atoms with E-state index in [0.29, 0.717) is 12.8 Å². The van der Waals surface area contributed by atoms with Crippen LogP contribution in [0.3, 0.4) is 0 Å². The molecule has 0 unspecified atom stereocenters. The van der Waals surface area contributed by atoms with Crippen molar-refractivity contribution in [3.63, 3.8) is 0 Å². The highest BCUT2D eigenvalue weighted by Crippen LogP contribution is 2.44. The number of carbonyl (C=O) groups excluding carboxylic acids is 2. The van der Waals surface area contributed by atoms with Gasteiger partial charge in [-0.25, -0.2) is 9.59 Å². The molecule has 0 radical (unpaired) electrons. The van der Waals surface area contributed by atoms with Gasteiger partial charge in [0.05, 0.1) is 0 Å². The molecule has 2 amide bonds. The Balaban J connectivity index is 1.43. The summed E-state index contributed by atoms with van der Waals surface area (Å²) in [6.07, 6.45) is 2.49. The number of benzene rings is 2. The molecule has 3 N–H and O–H groups in total. The molecule has 1 saturated carbocycles. The van der Waals surface area contributed by atoms with E-state index in [9.17, 15) is 19.5 Å². The molecule has 2 aliphatic rings. The molecule has 8 nitrogen and oxygen atoms in total. The zero-order valence-electron chi connectivity index (χ0n) is 20.3. The van der Waals surface area contributed by atoms with Crippen LogP contribution in [0.15, 0.2) is 48.5 Å². The fraction of sp³-hybridized carbons (Fsp3) is 0.444. The number of ether oxygens (including phenoxy) is 1. The lowest BCUT2D eigenvalue weighted by Crippen LogP contribution is -2.61. The van der Waals surface area contributed by atoms with Crippen molar-refractivity contribution in [2.45, 2.75) is 49.6 Å². The summed E-state index contributed by atoms with van der Waals surface area (Å²) >= 11 is 0. The van der Waals surface area contributed by atoms with Crippen LogP contribution in [0.5, 0.6) is 0 Å². The van der Waals surface area contributed by atoms with E-state index in [4.69, 9.17) is 4.74 Å². The molecule has 1 atom stereocenters. The number of fused-ring (bicyclic) bond motifs is 3. The van der Waals surface area contributed by atoms with Crippen LogP contribution in [0.25, 0.3) is 11.1 Å². The van der Waals surface area contributed by atoms with E-state index in [1.165, 1.54) is 0 Å². The third-order valence-electron chi connectivity index (χ3n) is 6.98. The van der Waals surface area contributed by atoms with Gasteiger partial charge in [-0.2, -0.15) is 0 Å². The first-order valence-electron chi connectivity index (χ1n) is 12.1. The summed E-state index contributed by atoms with van der Waals surface area (Å²) in [4.78, 5) is 39.6. The summed E-state index contributed by atoms with van der Waals surface area (Å²) in [5.74, 6) is -1.64. The molecule has 35 heavy (non-hydrogen) atoms. The fourth-order valence-electron chi connectivity index (χ4n) is 5.21. The molecular weight excluding hydrogens is 446 g/mol. The van der Waals surface area contributed by atoms with E-state index in [-0.39, 0.29) is 19.1 Å². The fourth-order valence-corrected chi connectivity index (χ4v) is 5.21. The Morgan fingerprint density at radius 2 is 1.57 bits per heavy atom.